The van der Waals surface area contributed by atoms with Crippen LogP contribution in [0.4, 0.5) is 26.7 Å². The Balaban J connectivity index is 2.03. The lowest BCUT2D eigenvalue weighted by Gasteiger charge is -2.20. The van der Waals surface area contributed by atoms with E-state index in [1.165, 1.54) is 6.07 Å². The highest BCUT2D eigenvalue weighted by atomic mass is 19.4. The fourth-order valence-corrected chi connectivity index (χ4v) is 3.38. The van der Waals surface area contributed by atoms with E-state index >= 15 is 0 Å². The lowest BCUT2D eigenvalue weighted by atomic mass is 10.0. The number of unbranched alkanes of at least 4 members (excludes halogenated alkanes) is 5. The Bertz CT molecular complexity index is 929. The second-order valence-electron chi connectivity index (χ2n) is 8.17. The zero-order valence-electron chi connectivity index (χ0n) is 19.9. The van der Waals surface area contributed by atoms with Crippen molar-refractivity contribution in [3.8, 4) is 22.6 Å². The van der Waals surface area contributed by atoms with E-state index < -0.39 is 42.2 Å². The molecule has 2 rings (SSSR count). The molecular weight excluding hydrogens is 471 g/mol. The van der Waals surface area contributed by atoms with Gasteiger partial charge in [-0.1, -0.05) is 58.1 Å². The lowest BCUT2D eigenvalue weighted by Crippen LogP contribution is -2.34. The number of ether oxygens (including phenoxy) is 3. The molecule has 1 atom stereocenters. The van der Waals surface area contributed by atoms with Crippen molar-refractivity contribution < 1.29 is 41.0 Å². The SMILES string of the molecule is CCCCCCOc1ccc(-c2ccc(OC(=O)OC(CCCCC)C(F)(F)F)c(F)c2F)cc1. The molecule has 4 nitrogen and oxygen atoms in total. The molecule has 0 amide bonds. The zero-order valence-corrected chi connectivity index (χ0v) is 19.9. The van der Waals surface area contributed by atoms with E-state index in [0.717, 1.165) is 31.7 Å². The van der Waals surface area contributed by atoms with Crippen molar-refractivity contribution in [2.75, 3.05) is 6.61 Å². The Morgan fingerprint density at radius 3 is 2.14 bits per heavy atom. The molecule has 0 aromatic heterocycles. The monoisotopic (exact) mass is 502 g/mol. The van der Waals surface area contributed by atoms with Gasteiger partial charge < -0.3 is 14.2 Å². The van der Waals surface area contributed by atoms with Crippen LogP contribution in [-0.2, 0) is 4.74 Å². The summed E-state index contributed by atoms with van der Waals surface area (Å²) >= 11 is 0. The van der Waals surface area contributed by atoms with Gasteiger partial charge in [0.2, 0.25) is 11.9 Å². The molecule has 35 heavy (non-hydrogen) atoms. The Labute approximate surface area is 202 Å². The molecule has 0 heterocycles. The molecule has 1 unspecified atom stereocenters. The summed E-state index contributed by atoms with van der Waals surface area (Å²) in [6.07, 6.45) is -3.75. The average molecular weight is 503 g/mol. The fourth-order valence-electron chi connectivity index (χ4n) is 3.38. The second-order valence-corrected chi connectivity index (χ2v) is 8.17. The quantitative estimate of drug-likeness (QED) is 0.119. The Kier molecular flexibility index (Phi) is 11.3. The number of rotatable bonds is 13. The van der Waals surface area contributed by atoms with Crippen LogP contribution >= 0.6 is 0 Å². The van der Waals surface area contributed by atoms with Crippen molar-refractivity contribution in [1.82, 2.24) is 0 Å². The maximum atomic E-state index is 14.7. The van der Waals surface area contributed by atoms with Crippen LogP contribution in [0, 0.1) is 11.6 Å². The molecule has 0 bridgehead atoms. The highest BCUT2D eigenvalue weighted by Gasteiger charge is 2.43. The van der Waals surface area contributed by atoms with Crippen LogP contribution in [0.25, 0.3) is 11.1 Å². The summed E-state index contributed by atoms with van der Waals surface area (Å²) in [6, 6.07) is 8.50. The number of hydrogen-bond acceptors (Lipinski definition) is 4. The van der Waals surface area contributed by atoms with Crippen LogP contribution in [0.15, 0.2) is 36.4 Å². The van der Waals surface area contributed by atoms with E-state index in [4.69, 9.17) is 4.74 Å². The van der Waals surface area contributed by atoms with E-state index in [-0.39, 0.29) is 12.0 Å². The number of halogens is 5. The maximum Gasteiger partial charge on any atom is 0.514 e. The minimum absolute atomic E-state index is 0.106. The second kappa shape index (κ2) is 13.9. The fraction of sp³-hybridized carbons (Fsp3) is 0.500. The summed E-state index contributed by atoms with van der Waals surface area (Å²) in [6.45, 7) is 4.49. The van der Waals surface area contributed by atoms with Crippen LogP contribution in [0.5, 0.6) is 11.5 Å². The lowest BCUT2D eigenvalue weighted by molar-refractivity contribution is -0.208. The van der Waals surface area contributed by atoms with Gasteiger partial charge in [0.1, 0.15) is 5.75 Å². The molecule has 9 heteroatoms. The molecule has 194 valence electrons. The molecular formula is C26H31F5O4. The maximum absolute atomic E-state index is 14.7. The van der Waals surface area contributed by atoms with E-state index in [1.54, 1.807) is 24.3 Å². The van der Waals surface area contributed by atoms with E-state index in [2.05, 4.69) is 16.4 Å². The third-order valence-corrected chi connectivity index (χ3v) is 5.35. The minimum atomic E-state index is -4.80. The van der Waals surface area contributed by atoms with Gasteiger partial charge in [0.15, 0.2) is 11.6 Å². The van der Waals surface area contributed by atoms with Crippen molar-refractivity contribution in [1.29, 1.82) is 0 Å². The topological polar surface area (TPSA) is 44.8 Å². The van der Waals surface area contributed by atoms with Crippen LogP contribution in [-0.4, -0.2) is 25.0 Å². The van der Waals surface area contributed by atoms with Crippen LogP contribution < -0.4 is 9.47 Å². The van der Waals surface area contributed by atoms with Crippen molar-refractivity contribution in [3.05, 3.63) is 48.0 Å². The smallest absolute Gasteiger partial charge is 0.494 e. The van der Waals surface area contributed by atoms with Crippen molar-refractivity contribution >= 4 is 6.16 Å². The summed E-state index contributed by atoms with van der Waals surface area (Å²) < 4.78 is 83.0. The molecule has 0 saturated heterocycles. The molecule has 2 aromatic carbocycles. The van der Waals surface area contributed by atoms with Crippen molar-refractivity contribution in [2.24, 2.45) is 0 Å². The van der Waals surface area contributed by atoms with Gasteiger partial charge >= 0.3 is 12.3 Å². The molecule has 0 aliphatic heterocycles. The molecule has 0 saturated carbocycles. The largest absolute Gasteiger partial charge is 0.514 e. The molecule has 2 aromatic rings. The molecule has 0 spiro atoms. The Morgan fingerprint density at radius 2 is 1.51 bits per heavy atom. The predicted molar refractivity (Wildman–Crippen MR) is 123 cm³/mol. The molecule has 0 fully saturated rings. The van der Waals surface area contributed by atoms with E-state index in [1.807, 2.05) is 6.92 Å². The summed E-state index contributed by atoms with van der Waals surface area (Å²) in [5, 5.41) is 0. The summed E-state index contributed by atoms with van der Waals surface area (Å²) in [5.41, 5.74) is 0.243. The average Bonchev–Trinajstić information content (AvgIpc) is 2.81. The molecule has 0 radical (unpaired) electrons. The number of hydrogen-bond donors (Lipinski definition) is 0. The normalized spacial score (nSPS) is 12.3. The minimum Gasteiger partial charge on any atom is -0.494 e. The zero-order chi connectivity index (χ0) is 25.8. The first-order chi connectivity index (χ1) is 16.7. The van der Waals surface area contributed by atoms with Gasteiger partial charge in [-0.3, -0.25) is 0 Å². The van der Waals surface area contributed by atoms with Crippen LogP contribution in [0.1, 0.15) is 65.2 Å². The van der Waals surface area contributed by atoms with E-state index in [9.17, 15) is 26.7 Å². The highest BCUT2D eigenvalue weighted by molar-refractivity contribution is 5.68. The number of benzene rings is 2. The highest BCUT2D eigenvalue weighted by Crippen LogP contribution is 2.32. The third kappa shape index (κ3) is 9.03. The first-order valence-corrected chi connectivity index (χ1v) is 11.8. The van der Waals surface area contributed by atoms with E-state index in [0.29, 0.717) is 30.8 Å². The summed E-state index contributed by atoms with van der Waals surface area (Å²) in [4.78, 5) is 11.9. The molecule has 0 aliphatic carbocycles. The Morgan fingerprint density at radius 1 is 0.857 bits per heavy atom. The number of alkyl halides is 3. The van der Waals surface area contributed by atoms with Crippen LogP contribution in [0.3, 0.4) is 0 Å². The summed E-state index contributed by atoms with van der Waals surface area (Å²) in [7, 11) is 0. The number of carbonyl (C=O) groups is 1. The van der Waals surface area contributed by atoms with Gasteiger partial charge in [0, 0.05) is 5.56 Å². The van der Waals surface area contributed by atoms with Crippen LogP contribution in [0.2, 0.25) is 0 Å². The number of carbonyl (C=O) groups excluding carboxylic acids is 1. The van der Waals surface area contributed by atoms with Gasteiger partial charge in [0.25, 0.3) is 0 Å². The molecule has 0 aliphatic rings. The van der Waals surface area contributed by atoms with Gasteiger partial charge in [0.05, 0.1) is 6.61 Å². The Hall–Kier alpha value is -2.84. The first kappa shape index (κ1) is 28.4. The predicted octanol–water partition coefficient (Wildman–Crippen LogP) is 8.62. The van der Waals surface area contributed by atoms with Gasteiger partial charge in [-0.15, -0.1) is 0 Å². The summed E-state index contributed by atoms with van der Waals surface area (Å²) in [5.74, 6) is -3.09. The van der Waals surface area contributed by atoms with Crippen molar-refractivity contribution in [2.45, 2.75) is 77.5 Å². The van der Waals surface area contributed by atoms with Gasteiger partial charge in [-0.2, -0.15) is 17.6 Å². The van der Waals surface area contributed by atoms with Gasteiger partial charge in [-0.05, 0) is 49.1 Å². The third-order valence-electron chi connectivity index (χ3n) is 5.35. The first-order valence-electron chi connectivity index (χ1n) is 11.8. The van der Waals surface area contributed by atoms with Gasteiger partial charge in [-0.25, -0.2) is 9.18 Å². The standard InChI is InChI=1S/C26H31F5O4/c1-3-5-7-9-17-33-19-13-11-18(12-14-19)20-15-16-21(24(28)23(20)27)34-25(32)35-22(26(29,30)31)10-8-6-4-2/h11-16,22H,3-10,17H2,1-2H3. The van der Waals surface area contributed by atoms with Crippen molar-refractivity contribution in [3.63, 3.8) is 0 Å². The molecule has 0 N–H and O–H groups in total.